The third-order valence-corrected chi connectivity index (χ3v) is 6.07. The molecule has 0 aliphatic carbocycles. The van der Waals surface area contributed by atoms with Crippen LogP contribution in [0.5, 0.6) is 0 Å². The first-order chi connectivity index (χ1) is 16.5. The Kier molecular flexibility index (Phi) is 4.73. The molecule has 8 nitrogen and oxygen atoms in total. The van der Waals surface area contributed by atoms with Crippen molar-refractivity contribution in [1.29, 1.82) is 0 Å². The number of anilines is 4. The summed E-state index contributed by atoms with van der Waals surface area (Å²) in [6, 6.07) is 7.21. The van der Waals surface area contributed by atoms with E-state index in [0.29, 0.717) is 23.4 Å². The van der Waals surface area contributed by atoms with Gasteiger partial charge in [-0.3, -0.25) is 0 Å². The Balaban J connectivity index is 1.45. The zero-order valence-electron chi connectivity index (χ0n) is 18.0. The van der Waals surface area contributed by atoms with Crippen LogP contribution in [0, 0.1) is 17.5 Å². The number of ether oxygens (including phenoxy) is 1. The standard InChI is InChI=1S/C23H18F3N7O/c1-34-17-11-32-8-9-33(17)23-20-13(5-7-28-23)22(32)31-21(30-20)12-4-6-27-16(10-12)29-15-3-2-14(24)18(25)19(15)26/h2-7,10,17H,8-9,11H2,1H3,(H,27,29). The van der Waals surface area contributed by atoms with Crippen molar-refractivity contribution in [3.63, 3.8) is 0 Å². The molecule has 3 aliphatic rings. The monoisotopic (exact) mass is 465 g/mol. The van der Waals surface area contributed by atoms with Crippen LogP contribution >= 0.6 is 0 Å². The number of halogens is 3. The van der Waals surface area contributed by atoms with Crippen molar-refractivity contribution >= 4 is 34.0 Å². The zero-order valence-corrected chi connectivity index (χ0v) is 18.0. The molecule has 4 aromatic rings. The van der Waals surface area contributed by atoms with E-state index in [1.54, 1.807) is 25.4 Å². The number of piperazine rings is 1. The fourth-order valence-corrected chi connectivity index (χ4v) is 4.39. The predicted molar refractivity (Wildman–Crippen MR) is 121 cm³/mol. The number of rotatable bonds is 4. The summed E-state index contributed by atoms with van der Waals surface area (Å²) in [6.45, 7) is 2.12. The minimum Gasteiger partial charge on any atom is -0.360 e. The van der Waals surface area contributed by atoms with Crippen molar-refractivity contribution in [2.24, 2.45) is 0 Å². The number of nitrogens with one attached hydrogen (secondary N) is 1. The van der Waals surface area contributed by atoms with Crippen LogP contribution in [0.4, 0.5) is 36.3 Å². The molecule has 6 heterocycles. The Bertz CT molecular complexity index is 1430. The molecule has 1 atom stereocenters. The Labute approximate surface area is 192 Å². The number of nitrogens with zero attached hydrogens (tertiary/aromatic N) is 6. The molecule has 7 rings (SSSR count). The van der Waals surface area contributed by atoms with E-state index in [1.165, 1.54) is 6.20 Å². The molecule has 1 fully saturated rings. The van der Waals surface area contributed by atoms with E-state index in [9.17, 15) is 13.2 Å². The molecule has 11 heteroatoms. The van der Waals surface area contributed by atoms with Crippen molar-refractivity contribution in [2.75, 3.05) is 41.9 Å². The number of pyridine rings is 2. The Morgan fingerprint density at radius 3 is 2.68 bits per heavy atom. The maximum absolute atomic E-state index is 14.1. The van der Waals surface area contributed by atoms with Gasteiger partial charge in [-0.15, -0.1) is 0 Å². The Morgan fingerprint density at radius 1 is 0.971 bits per heavy atom. The van der Waals surface area contributed by atoms with Crippen LogP contribution in [0.1, 0.15) is 0 Å². The van der Waals surface area contributed by atoms with Gasteiger partial charge >= 0.3 is 0 Å². The van der Waals surface area contributed by atoms with Crippen molar-refractivity contribution in [3.8, 4) is 11.4 Å². The first-order valence-electron chi connectivity index (χ1n) is 10.6. The highest BCUT2D eigenvalue weighted by molar-refractivity contribution is 5.98. The summed E-state index contributed by atoms with van der Waals surface area (Å²) < 4.78 is 46.7. The van der Waals surface area contributed by atoms with Crippen LogP contribution < -0.4 is 15.1 Å². The lowest BCUT2D eigenvalue weighted by Crippen LogP contribution is -2.55. The maximum Gasteiger partial charge on any atom is 0.196 e. The minimum absolute atomic E-state index is 0.166. The molecular weight excluding hydrogens is 447 g/mol. The zero-order chi connectivity index (χ0) is 23.4. The number of methoxy groups -OCH3 is 1. The van der Waals surface area contributed by atoms with Gasteiger partial charge in [-0.1, -0.05) is 0 Å². The molecular formula is C23H18F3N7O. The first-order valence-corrected chi connectivity index (χ1v) is 10.6. The highest BCUT2D eigenvalue weighted by Gasteiger charge is 2.34. The second-order valence-corrected chi connectivity index (χ2v) is 8.01. The molecule has 6 bridgehead atoms. The fraction of sp³-hybridized carbons (Fsp3) is 0.217. The summed E-state index contributed by atoms with van der Waals surface area (Å²) in [7, 11) is 1.67. The average Bonchev–Trinajstić information content (AvgIpc) is 2.88. The molecule has 1 unspecified atom stereocenters. The lowest BCUT2D eigenvalue weighted by atomic mass is 10.1. The van der Waals surface area contributed by atoms with Gasteiger partial charge in [0, 0.05) is 43.5 Å². The smallest absolute Gasteiger partial charge is 0.196 e. The summed E-state index contributed by atoms with van der Waals surface area (Å²) in [5, 5.41) is 3.59. The van der Waals surface area contributed by atoms with Gasteiger partial charge in [-0.05, 0) is 30.3 Å². The van der Waals surface area contributed by atoms with E-state index in [-0.39, 0.29) is 17.7 Å². The molecule has 0 saturated carbocycles. The summed E-state index contributed by atoms with van der Waals surface area (Å²) in [5.74, 6) is -1.95. The quantitative estimate of drug-likeness (QED) is 0.456. The van der Waals surface area contributed by atoms with Gasteiger partial charge in [0.1, 0.15) is 23.4 Å². The molecule has 34 heavy (non-hydrogen) atoms. The average molecular weight is 465 g/mol. The van der Waals surface area contributed by atoms with Gasteiger partial charge in [-0.2, -0.15) is 0 Å². The Hall–Kier alpha value is -3.99. The topological polar surface area (TPSA) is 79.3 Å². The first kappa shape index (κ1) is 20.6. The molecule has 3 aromatic heterocycles. The normalized spacial score (nSPS) is 16.8. The predicted octanol–water partition coefficient (Wildman–Crippen LogP) is 3.86. The van der Waals surface area contributed by atoms with Crippen molar-refractivity contribution in [2.45, 2.75) is 6.23 Å². The summed E-state index contributed by atoms with van der Waals surface area (Å²) in [5.41, 5.74) is 1.09. The van der Waals surface area contributed by atoms with Crippen molar-refractivity contribution in [1.82, 2.24) is 19.9 Å². The minimum atomic E-state index is -1.55. The van der Waals surface area contributed by atoms with Crippen LogP contribution in [-0.4, -0.2) is 52.9 Å². The van der Waals surface area contributed by atoms with Crippen LogP contribution in [0.3, 0.4) is 0 Å². The number of hydrogen-bond donors (Lipinski definition) is 1. The second kappa shape index (κ2) is 7.80. The van der Waals surface area contributed by atoms with E-state index in [2.05, 4.69) is 25.1 Å². The molecule has 1 N–H and O–H groups in total. The molecule has 1 aromatic carbocycles. The highest BCUT2D eigenvalue weighted by atomic mass is 19.2. The van der Waals surface area contributed by atoms with E-state index >= 15 is 0 Å². The molecule has 0 radical (unpaired) electrons. The number of fused-ring (bicyclic) bond motifs is 2. The lowest BCUT2D eigenvalue weighted by molar-refractivity contribution is 0.0952. The number of benzene rings is 1. The molecule has 0 amide bonds. The van der Waals surface area contributed by atoms with Gasteiger partial charge in [0.15, 0.2) is 29.1 Å². The molecule has 3 aliphatic heterocycles. The van der Waals surface area contributed by atoms with Gasteiger partial charge in [0.2, 0.25) is 0 Å². The van der Waals surface area contributed by atoms with Crippen LogP contribution in [0.25, 0.3) is 22.3 Å². The maximum atomic E-state index is 14.1. The van der Waals surface area contributed by atoms with E-state index < -0.39 is 17.5 Å². The van der Waals surface area contributed by atoms with Gasteiger partial charge in [0.05, 0.1) is 12.2 Å². The van der Waals surface area contributed by atoms with Gasteiger partial charge < -0.3 is 19.9 Å². The summed E-state index contributed by atoms with van der Waals surface area (Å²) >= 11 is 0. The van der Waals surface area contributed by atoms with Crippen LogP contribution in [0.15, 0.2) is 42.7 Å². The number of aromatic nitrogens is 4. The van der Waals surface area contributed by atoms with E-state index in [1.807, 2.05) is 6.07 Å². The van der Waals surface area contributed by atoms with E-state index in [4.69, 9.17) is 14.7 Å². The highest BCUT2D eigenvalue weighted by Crippen LogP contribution is 2.37. The Morgan fingerprint density at radius 2 is 1.82 bits per heavy atom. The van der Waals surface area contributed by atoms with Crippen LogP contribution in [0.2, 0.25) is 0 Å². The summed E-state index contributed by atoms with van der Waals surface area (Å²) in [6.07, 6.45) is 3.08. The molecule has 1 saturated heterocycles. The fourth-order valence-electron chi connectivity index (χ4n) is 4.39. The number of hydrogen-bond acceptors (Lipinski definition) is 8. The summed E-state index contributed by atoms with van der Waals surface area (Å²) in [4.78, 5) is 22.7. The second-order valence-electron chi connectivity index (χ2n) is 8.01. The molecule has 172 valence electrons. The van der Waals surface area contributed by atoms with E-state index in [0.717, 1.165) is 42.2 Å². The third-order valence-electron chi connectivity index (χ3n) is 6.07. The van der Waals surface area contributed by atoms with Gasteiger partial charge in [0.25, 0.3) is 0 Å². The SMILES string of the molecule is COC1CN2CCN1c1nccc3c2nc(-c2ccnc(Nc4ccc(F)c(F)c4F)c2)nc13. The van der Waals surface area contributed by atoms with Gasteiger partial charge in [-0.25, -0.2) is 33.1 Å². The molecule has 0 spiro atoms. The lowest BCUT2D eigenvalue weighted by Gasteiger charge is -2.43. The van der Waals surface area contributed by atoms with Crippen molar-refractivity contribution in [3.05, 3.63) is 60.2 Å². The largest absolute Gasteiger partial charge is 0.360 e. The van der Waals surface area contributed by atoms with Crippen LogP contribution in [-0.2, 0) is 4.74 Å². The third kappa shape index (κ3) is 3.19. The van der Waals surface area contributed by atoms with Crippen molar-refractivity contribution < 1.29 is 17.9 Å².